The van der Waals surface area contributed by atoms with Gasteiger partial charge in [-0.3, -0.25) is 0 Å². The normalized spacial score (nSPS) is 39.0. The lowest BCUT2D eigenvalue weighted by Crippen LogP contribution is -2.24. The van der Waals surface area contributed by atoms with Gasteiger partial charge in [0.1, 0.15) is 0 Å². The first-order valence-electron chi connectivity index (χ1n) is 4.86. The maximum atomic E-state index is 8.82. The first kappa shape index (κ1) is 9.05. The molecule has 0 amide bonds. The zero-order valence-corrected chi connectivity index (χ0v) is 7.71. The minimum atomic E-state index is 0.377. The van der Waals surface area contributed by atoms with Gasteiger partial charge in [0.2, 0.25) is 0 Å². The van der Waals surface area contributed by atoms with Gasteiger partial charge in [0.25, 0.3) is 0 Å². The second-order valence-electron chi connectivity index (χ2n) is 4.04. The van der Waals surface area contributed by atoms with Gasteiger partial charge in [0.05, 0.1) is 0 Å². The Kier molecular flexibility index (Phi) is 3.38. The van der Waals surface area contributed by atoms with Gasteiger partial charge in [-0.05, 0) is 24.2 Å². The van der Waals surface area contributed by atoms with E-state index in [1.165, 1.54) is 19.3 Å². The van der Waals surface area contributed by atoms with Crippen LogP contribution in [0.4, 0.5) is 0 Å². The fourth-order valence-electron chi connectivity index (χ4n) is 2.27. The second kappa shape index (κ2) is 4.10. The van der Waals surface area contributed by atoms with Crippen LogP contribution >= 0.6 is 0 Å². The standard InChI is InChI=1S/C10H20O/c1-8-4-3-5-10(6-7-11)9(8)2/h8-11H,3-7H2,1-2H3. The SMILES string of the molecule is CC1CCCC(CCO)C1C. The summed E-state index contributed by atoms with van der Waals surface area (Å²) < 4.78 is 0. The zero-order chi connectivity index (χ0) is 8.27. The summed E-state index contributed by atoms with van der Waals surface area (Å²) in [5.74, 6) is 2.50. The molecule has 3 unspecified atom stereocenters. The largest absolute Gasteiger partial charge is 0.396 e. The van der Waals surface area contributed by atoms with Crippen molar-refractivity contribution < 1.29 is 5.11 Å². The molecule has 0 aromatic heterocycles. The summed E-state index contributed by atoms with van der Waals surface area (Å²) in [5, 5.41) is 8.82. The third kappa shape index (κ3) is 2.19. The van der Waals surface area contributed by atoms with E-state index >= 15 is 0 Å². The average Bonchev–Trinajstić information content (AvgIpc) is 1.99. The van der Waals surface area contributed by atoms with E-state index in [9.17, 15) is 0 Å². The lowest BCUT2D eigenvalue weighted by Gasteiger charge is -2.33. The smallest absolute Gasteiger partial charge is 0.0433 e. The summed E-state index contributed by atoms with van der Waals surface area (Å²) >= 11 is 0. The van der Waals surface area contributed by atoms with Crippen LogP contribution in [0.3, 0.4) is 0 Å². The molecule has 3 atom stereocenters. The quantitative estimate of drug-likeness (QED) is 0.651. The van der Waals surface area contributed by atoms with Gasteiger partial charge in [0.15, 0.2) is 0 Å². The Labute approximate surface area is 69.8 Å². The highest BCUT2D eigenvalue weighted by Crippen LogP contribution is 2.35. The number of hydrogen-bond acceptors (Lipinski definition) is 1. The van der Waals surface area contributed by atoms with Crippen molar-refractivity contribution in [2.24, 2.45) is 17.8 Å². The molecule has 11 heavy (non-hydrogen) atoms. The summed E-state index contributed by atoms with van der Waals surface area (Å²) in [6, 6.07) is 0. The Morgan fingerprint density at radius 1 is 1.27 bits per heavy atom. The predicted molar refractivity (Wildman–Crippen MR) is 47.4 cm³/mol. The maximum Gasteiger partial charge on any atom is 0.0433 e. The monoisotopic (exact) mass is 156 g/mol. The summed E-state index contributed by atoms with van der Waals surface area (Å²) in [4.78, 5) is 0. The molecule has 66 valence electrons. The molecule has 0 bridgehead atoms. The minimum absolute atomic E-state index is 0.377. The molecule has 1 N–H and O–H groups in total. The zero-order valence-electron chi connectivity index (χ0n) is 7.71. The molecule has 1 nitrogen and oxygen atoms in total. The Morgan fingerprint density at radius 3 is 2.64 bits per heavy atom. The molecule has 0 aromatic carbocycles. The number of rotatable bonds is 2. The Balaban J connectivity index is 2.38. The molecule has 1 rings (SSSR count). The van der Waals surface area contributed by atoms with Gasteiger partial charge in [0, 0.05) is 6.61 Å². The average molecular weight is 156 g/mol. The molecule has 0 spiro atoms. The summed E-state index contributed by atoms with van der Waals surface area (Å²) in [6.07, 6.45) is 5.12. The van der Waals surface area contributed by atoms with Crippen molar-refractivity contribution in [2.45, 2.75) is 39.5 Å². The fourth-order valence-corrected chi connectivity index (χ4v) is 2.27. The highest BCUT2D eigenvalue weighted by molar-refractivity contribution is 4.76. The van der Waals surface area contributed by atoms with Gasteiger partial charge in [-0.2, -0.15) is 0 Å². The Bertz CT molecular complexity index is 109. The molecule has 0 radical (unpaired) electrons. The van der Waals surface area contributed by atoms with Crippen LogP contribution in [0.1, 0.15) is 39.5 Å². The molecule has 0 saturated heterocycles. The van der Waals surface area contributed by atoms with Crippen LogP contribution in [0.25, 0.3) is 0 Å². The summed E-state index contributed by atoms with van der Waals surface area (Å²) in [5.41, 5.74) is 0. The molecular formula is C10H20O. The van der Waals surface area contributed by atoms with Crippen LogP contribution < -0.4 is 0 Å². The molecule has 1 saturated carbocycles. The Morgan fingerprint density at radius 2 is 2.00 bits per heavy atom. The van der Waals surface area contributed by atoms with Crippen molar-refractivity contribution in [1.82, 2.24) is 0 Å². The maximum absolute atomic E-state index is 8.82. The van der Waals surface area contributed by atoms with E-state index in [-0.39, 0.29) is 0 Å². The second-order valence-corrected chi connectivity index (χ2v) is 4.04. The van der Waals surface area contributed by atoms with Crippen molar-refractivity contribution in [3.05, 3.63) is 0 Å². The van der Waals surface area contributed by atoms with E-state index in [0.29, 0.717) is 6.61 Å². The van der Waals surface area contributed by atoms with Crippen LogP contribution in [0.2, 0.25) is 0 Å². The van der Waals surface area contributed by atoms with Crippen molar-refractivity contribution >= 4 is 0 Å². The molecule has 1 heteroatoms. The lowest BCUT2D eigenvalue weighted by atomic mass is 9.73. The van der Waals surface area contributed by atoms with Crippen LogP contribution in [-0.4, -0.2) is 11.7 Å². The van der Waals surface area contributed by atoms with E-state index in [4.69, 9.17) is 5.11 Å². The van der Waals surface area contributed by atoms with Crippen LogP contribution in [-0.2, 0) is 0 Å². The van der Waals surface area contributed by atoms with Crippen molar-refractivity contribution in [1.29, 1.82) is 0 Å². The predicted octanol–water partition coefficient (Wildman–Crippen LogP) is 2.44. The number of hydrogen-bond donors (Lipinski definition) is 1. The van der Waals surface area contributed by atoms with E-state index < -0.39 is 0 Å². The third-order valence-corrected chi connectivity index (χ3v) is 3.38. The van der Waals surface area contributed by atoms with Crippen LogP contribution in [0.15, 0.2) is 0 Å². The lowest BCUT2D eigenvalue weighted by molar-refractivity contribution is 0.143. The van der Waals surface area contributed by atoms with E-state index in [1.54, 1.807) is 0 Å². The van der Waals surface area contributed by atoms with E-state index in [0.717, 1.165) is 24.2 Å². The molecule has 0 aromatic rings. The van der Waals surface area contributed by atoms with Crippen molar-refractivity contribution in [2.75, 3.05) is 6.61 Å². The summed E-state index contributed by atoms with van der Waals surface area (Å²) in [6.45, 7) is 5.06. The molecule has 1 fully saturated rings. The van der Waals surface area contributed by atoms with Gasteiger partial charge in [-0.15, -0.1) is 0 Å². The van der Waals surface area contributed by atoms with Gasteiger partial charge in [-0.25, -0.2) is 0 Å². The fraction of sp³-hybridized carbons (Fsp3) is 1.00. The molecule has 1 aliphatic rings. The molecule has 0 aliphatic heterocycles. The number of aliphatic hydroxyl groups excluding tert-OH is 1. The topological polar surface area (TPSA) is 20.2 Å². The highest BCUT2D eigenvalue weighted by Gasteiger charge is 2.25. The minimum Gasteiger partial charge on any atom is -0.396 e. The highest BCUT2D eigenvalue weighted by atomic mass is 16.3. The molecule has 1 aliphatic carbocycles. The van der Waals surface area contributed by atoms with Gasteiger partial charge >= 0.3 is 0 Å². The van der Waals surface area contributed by atoms with E-state index in [1.807, 2.05) is 0 Å². The van der Waals surface area contributed by atoms with Gasteiger partial charge in [-0.1, -0.05) is 33.1 Å². The first-order valence-corrected chi connectivity index (χ1v) is 4.86. The summed E-state index contributed by atoms with van der Waals surface area (Å²) in [7, 11) is 0. The Hall–Kier alpha value is -0.0400. The third-order valence-electron chi connectivity index (χ3n) is 3.38. The van der Waals surface area contributed by atoms with Crippen molar-refractivity contribution in [3.8, 4) is 0 Å². The van der Waals surface area contributed by atoms with Crippen LogP contribution in [0.5, 0.6) is 0 Å². The number of aliphatic hydroxyl groups is 1. The van der Waals surface area contributed by atoms with Crippen LogP contribution in [0, 0.1) is 17.8 Å². The van der Waals surface area contributed by atoms with Gasteiger partial charge < -0.3 is 5.11 Å². The van der Waals surface area contributed by atoms with E-state index in [2.05, 4.69) is 13.8 Å². The molecular weight excluding hydrogens is 136 g/mol. The first-order chi connectivity index (χ1) is 5.25. The molecule has 0 heterocycles. The van der Waals surface area contributed by atoms with Crippen molar-refractivity contribution in [3.63, 3.8) is 0 Å².